The molecule has 31 heavy (non-hydrogen) atoms. The summed E-state index contributed by atoms with van der Waals surface area (Å²) in [6, 6.07) is 17.1. The Balaban J connectivity index is 1.76. The van der Waals surface area contributed by atoms with Crippen molar-refractivity contribution in [1.29, 1.82) is 0 Å². The van der Waals surface area contributed by atoms with Gasteiger partial charge in [0.1, 0.15) is 23.3 Å². The Morgan fingerprint density at radius 2 is 1.90 bits per heavy atom. The van der Waals surface area contributed by atoms with Crippen LogP contribution in [0.15, 0.2) is 81.3 Å². The predicted octanol–water partition coefficient (Wildman–Crippen LogP) is 5.46. The van der Waals surface area contributed by atoms with E-state index in [4.69, 9.17) is 4.42 Å². The van der Waals surface area contributed by atoms with Gasteiger partial charge in [0.2, 0.25) is 0 Å². The summed E-state index contributed by atoms with van der Waals surface area (Å²) in [5.74, 6) is -0.687. The van der Waals surface area contributed by atoms with E-state index in [1.54, 1.807) is 43.5 Å². The van der Waals surface area contributed by atoms with Crippen LogP contribution in [0.25, 0.3) is 16.7 Å². The van der Waals surface area contributed by atoms with Gasteiger partial charge in [-0.15, -0.1) is 0 Å². The molecule has 3 heterocycles. The highest BCUT2D eigenvalue weighted by Crippen LogP contribution is 2.43. The second kappa shape index (κ2) is 7.28. The van der Waals surface area contributed by atoms with Crippen LogP contribution in [0, 0.1) is 6.92 Å². The molecule has 0 radical (unpaired) electrons. The molecule has 2 aromatic heterocycles. The number of carbonyl (C=O) groups excluding carboxylic acids is 2. The van der Waals surface area contributed by atoms with Gasteiger partial charge in [-0.25, -0.2) is 0 Å². The van der Waals surface area contributed by atoms with Crippen molar-refractivity contribution in [2.24, 2.45) is 0 Å². The van der Waals surface area contributed by atoms with Crippen LogP contribution in [0.5, 0.6) is 0 Å². The number of aliphatic hydroxyl groups is 1. The van der Waals surface area contributed by atoms with Gasteiger partial charge in [0, 0.05) is 32.8 Å². The molecule has 1 saturated heterocycles. The number of para-hydroxylation sites is 1. The first kappa shape index (κ1) is 19.4. The molecule has 2 N–H and O–H groups in total. The molecule has 1 aliphatic rings. The van der Waals surface area contributed by atoms with Crippen molar-refractivity contribution in [2.45, 2.75) is 13.0 Å². The Morgan fingerprint density at radius 3 is 2.65 bits per heavy atom. The molecule has 7 heteroatoms. The zero-order valence-electron chi connectivity index (χ0n) is 16.4. The Hall–Kier alpha value is -3.58. The van der Waals surface area contributed by atoms with E-state index in [2.05, 4.69) is 20.9 Å². The van der Waals surface area contributed by atoms with E-state index in [1.807, 2.05) is 30.3 Å². The Kier molecular flexibility index (Phi) is 4.55. The second-order valence-corrected chi connectivity index (χ2v) is 8.26. The second-order valence-electron chi connectivity index (χ2n) is 7.35. The summed E-state index contributed by atoms with van der Waals surface area (Å²) in [5.41, 5.74) is 1.78. The molecular weight excluding hydrogens is 460 g/mol. The highest BCUT2D eigenvalue weighted by Gasteiger charge is 2.48. The van der Waals surface area contributed by atoms with Crippen LogP contribution < -0.4 is 4.90 Å². The molecule has 5 rings (SSSR count). The van der Waals surface area contributed by atoms with Gasteiger partial charge < -0.3 is 14.5 Å². The Morgan fingerprint density at radius 1 is 1.10 bits per heavy atom. The van der Waals surface area contributed by atoms with E-state index in [1.165, 1.54) is 4.90 Å². The van der Waals surface area contributed by atoms with Crippen molar-refractivity contribution < 1.29 is 19.1 Å². The van der Waals surface area contributed by atoms with Crippen LogP contribution in [0.4, 0.5) is 5.69 Å². The number of halogens is 1. The lowest BCUT2D eigenvalue weighted by Crippen LogP contribution is -2.29. The number of aromatic amines is 1. The maximum atomic E-state index is 13.2. The predicted molar refractivity (Wildman–Crippen MR) is 121 cm³/mol. The summed E-state index contributed by atoms with van der Waals surface area (Å²) in [6.45, 7) is 1.79. The molecule has 0 saturated carbocycles. The van der Waals surface area contributed by atoms with Crippen molar-refractivity contribution in [3.8, 4) is 0 Å². The summed E-state index contributed by atoms with van der Waals surface area (Å²) >= 11 is 3.42. The van der Waals surface area contributed by atoms with Crippen LogP contribution in [0.3, 0.4) is 0 Å². The number of fused-ring (bicyclic) bond motifs is 1. The summed E-state index contributed by atoms with van der Waals surface area (Å²) in [6.07, 6.45) is 1.64. The Bertz CT molecular complexity index is 1380. The van der Waals surface area contributed by atoms with Gasteiger partial charge in [-0.2, -0.15) is 0 Å². The van der Waals surface area contributed by atoms with Crippen molar-refractivity contribution in [3.63, 3.8) is 0 Å². The van der Waals surface area contributed by atoms with E-state index in [9.17, 15) is 14.7 Å². The average molecular weight is 477 g/mol. The van der Waals surface area contributed by atoms with Crippen LogP contribution in [0.2, 0.25) is 0 Å². The number of aromatic nitrogens is 1. The SMILES string of the molecule is Cc1ccc(C2/C(=C(/O)c3c[nH]c4ccccc34)C(=O)C(=O)N2c2cccc(Br)c2)o1. The van der Waals surface area contributed by atoms with Crippen molar-refractivity contribution >= 4 is 50.0 Å². The molecule has 1 atom stereocenters. The van der Waals surface area contributed by atoms with Gasteiger partial charge in [-0.3, -0.25) is 14.5 Å². The average Bonchev–Trinajstić information content (AvgIpc) is 3.44. The number of anilines is 1. The number of hydrogen-bond donors (Lipinski definition) is 2. The number of hydrogen-bond acceptors (Lipinski definition) is 4. The normalized spacial score (nSPS) is 18.3. The number of rotatable bonds is 3. The first-order chi connectivity index (χ1) is 15.0. The van der Waals surface area contributed by atoms with Gasteiger partial charge in [-0.05, 0) is 43.3 Å². The molecule has 1 amide bonds. The van der Waals surface area contributed by atoms with Crippen LogP contribution in [-0.2, 0) is 9.59 Å². The number of furan rings is 1. The topological polar surface area (TPSA) is 86.5 Å². The molecule has 4 aromatic rings. The van der Waals surface area contributed by atoms with Gasteiger partial charge >= 0.3 is 0 Å². The van der Waals surface area contributed by atoms with Gasteiger partial charge in [0.15, 0.2) is 0 Å². The largest absolute Gasteiger partial charge is 0.507 e. The van der Waals surface area contributed by atoms with Crippen molar-refractivity contribution in [3.05, 3.63) is 94.0 Å². The number of nitrogens with one attached hydrogen (secondary N) is 1. The van der Waals surface area contributed by atoms with Gasteiger partial charge in [0.25, 0.3) is 11.7 Å². The number of Topliss-reactive ketones (excluding diaryl/α,β-unsaturated/α-hetero) is 1. The molecule has 154 valence electrons. The van der Waals surface area contributed by atoms with Crippen LogP contribution >= 0.6 is 15.9 Å². The van der Waals surface area contributed by atoms with Gasteiger partial charge in [0.05, 0.1) is 5.57 Å². The van der Waals surface area contributed by atoms with Crippen molar-refractivity contribution in [1.82, 2.24) is 4.98 Å². The molecule has 1 fully saturated rings. The first-order valence-corrected chi connectivity index (χ1v) is 10.4. The number of aryl methyl sites for hydroxylation is 1. The lowest BCUT2D eigenvalue weighted by atomic mass is 9.99. The number of nitrogens with zero attached hydrogens (tertiary/aromatic N) is 1. The minimum atomic E-state index is -0.892. The fourth-order valence-electron chi connectivity index (χ4n) is 4.01. The maximum Gasteiger partial charge on any atom is 0.300 e. The third-order valence-electron chi connectivity index (χ3n) is 5.41. The number of amides is 1. The summed E-state index contributed by atoms with van der Waals surface area (Å²) in [7, 11) is 0. The quantitative estimate of drug-likeness (QED) is 0.233. The molecule has 2 aromatic carbocycles. The zero-order chi connectivity index (χ0) is 21.7. The molecule has 1 aliphatic heterocycles. The summed E-state index contributed by atoms with van der Waals surface area (Å²) < 4.78 is 6.58. The number of aliphatic hydroxyl groups excluding tert-OH is 1. The Labute approximate surface area is 185 Å². The van der Waals surface area contributed by atoms with E-state index in [0.717, 1.165) is 15.4 Å². The van der Waals surface area contributed by atoms with E-state index < -0.39 is 17.7 Å². The lowest BCUT2D eigenvalue weighted by molar-refractivity contribution is -0.132. The molecular formula is C24H17BrN2O4. The molecule has 6 nitrogen and oxygen atoms in total. The third kappa shape index (κ3) is 3.09. The molecule has 0 bridgehead atoms. The number of carbonyl (C=O) groups is 2. The number of benzene rings is 2. The van der Waals surface area contributed by atoms with Crippen LogP contribution in [-0.4, -0.2) is 21.8 Å². The minimum Gasteiger partial charge on any atom is -0.507 e. The monoisotopic (exact) mass is 476 g/mol. The van der Waals surface area contributed by atoms with E-state index >= 15 is 0 Å². The first-order valence-electron chi connectivity index (χ1n) is 9.65. The summed E-state index contributed by atoms with van der Waals surface area (Å²) in [4.78, 5) is 30.7. The standard InChI is InChI=1S/C24H17BrN2O4/c1-13-9-10-19(31-13)21-20(22(28)17-12-26-18-8-3-2-7-16(17)18)23(29)24(30)27(21)15-6-4-5-14(25)11-15/h2-12,21,26,28H,1H3/b22-20-. The molecule has 1 unspecified atom stereocenters. The fraction of sp³-hybridized carbons (Fsp3) is 0.0833. The van der Waals surface area contributed by atoms with E-state index in [0.29, 0.717) is 22.8 Å². The lowest BCUT2D eigenvalue weighted by Gasteiger charge is -2.23. The minimum absolute atomic E-state index is 0.0101. The van der Waals surface area contributed by atoms with Crippen LogP contribution in [0.1, 0.15) is 23.1 Å². The summed E-state index contributed by atoms with van der Waals surface area (Å²) in [5, 5.41) is 12.0. The third-order valence-corrected chi connectivity index (χ3v) is 5.90. The van der Waals surface area contributed by atoms with E-state index in [-0.39, 0.29) is 11.3 Å². The smallest absolute Gasteiger partial charge is 0.300 e. The number of ketones is 1. The number of H-pyrrole nitrogens is 1. The highest BCUT2D eigenvalue weighted by molar-refractivity contribution is 9.10. The fourth-order valence-corrected chi connectivity index (χ4v) is 4.39. The molecule has 0 spiro atoms. The highest BCUT2D eigenvalue weighted by atomic mass is 79.9. The zero-order valence-corrected chi connectivity index (χ0v) is 18.0. The maximum absolute atomic E-state index is 13.2. The van der Waals surface area contributed by atoms with Gasteiger partial charge in [-0.1, -0.05) is 40.2 Å². The van der Waals surface area contributed by atoms with Crippen molar-refractivity contribution in [2.75, 3.05) is 4.90 Å². The molecule has 0 aliphatic carbocycles.